The number of amides is 1. The van der Waals surface area contributed by atoms with Gasteiger partial charge in [-0.15, -0.1) is 0 Å². The van der Waals surface area contributed by atoms with E-state index < -0.39 is 0 Å². The lowest BCUT2D eigenvalue weighted by Gasteiger charge is -2.19. The van der Waals surface area contributed by atoms with Gasteiger partial charge in [0.15, 0.2) is 11.5 Å². The zero-order valence-corrected chi connectivity index (χ0v) is 22.2. The number of thiocarbonyl (C=S) groups is 1. The van der Waals surface area contributed by atoms with Gasteiger partial charge in [0.05, 0.1) is 24.7 Å². The fourth-order valence-electron chi connectivity index (χ4n) is 3.41. The van der Waals surface area contributed by atoms with Crippen LogP contribution in [0.1, 0.15) is 52.2 Å². The molecule has 2 aromatic carbocycles. The molecular weight excluding hydrogens is 466 g/mol. The molecule has 0 atom stereocenters. The van der Waals surface area contributed by atoms with Crippen molar-refractivity contribution in [1.82, 2.24) is 4.90 Å². The molecule has 1 amide bonds. The van der Waals surface area contributed by atoms with E-state index in [1.54, 1.807) is 4.90 Å². The van der Waals surface area contributed by atoms with Crippen LogP contribution in [0, 0.1) is 0 Å². The van der Waals surface area contributed by atoms with Crippen molar-refractivity contribution in [3.63, 3.8) is 0 Å². The largest absolute Gasteiger partial charge is 0.493 e. The maximum absolute atomic E-state index is 12.5. The lowest BCUT2D eigenvalue weighted by Crippen LogP contribution is -2.27. The van der Waals surface area contributed by atoms with Crippen LogP contribution in [0.15, 0.2) is 47.4 Å². The molecule has 0 aromatic heterocycles. The van der Waals surface area contributed by atoms with Crippen LogP contribution in [-0.2, 0) is 10.2 Å². The van der Waals surface area contributed by atoms with Gasteiger partial charge in [-0.2, -0.15) is 0 Å². The molecule has 0 bridgehead atoms. The molecule has 7 heteroatoms. The van der Waals surface area contributed by atoms with E-state index in [2.05, 4.69) is 32.9 Å². The molecule has 1 fully saturated rings. The molecule has 3 rings (SSSR count). The van der Waals surface area contributed by atoms with E-state index in [1.165, 1.54) is 17.3 Å². The highest BCUT2D eigenvalue weighted by molar-refractivity contribution is 8.26. The van der Waals surface area contributed by atoms with E-state index >= 15 is 0 Å². The molecule has 0 aliphatic carbocycles. The van der Waals surface area contributed by atoms with E-state index in [4.69, 9.17) is 26.4 Å². The van der Waals surface area contributed by atoms with Crippen LogP contribution in [-0.4, -0.2) is 41.5 Å². The molecular formula is C27H33NO4S2. The molecule has 1 saturated heterocycles. The van der Waals surface area contributed by atoms with Crippen LogP contribution in [0.25, 0.3) is 6.08 Å². The fraction of sp³-hybridized carbons (Fsp3) is 0.407. The Morgan fingerprint density at radius 3 is 2.29 bits per heavy atom. The van der Waals surface area contributed by atoms with E-state index in [1.807, 2.05) is 50.3 Å². The standard InChI is InChI=1S/C27H33NO4S2/c1-6-28-25(29)24(34-26(28)33)18-19-9-14-22(23(17-19)30-7-2)32-16-8-15-31-21-12-10-20(11-13-21)27(3,4)5/h9-14,17-18H,6-8,15-16H2,1-5H3/b24-18-. The summed E-state index contributed by atoms with van der Waals surface area (Å²) in [6.45, 7) is 12.6. The van der Waals surface area contributed by atoms with Gasteiger partial charge in [0.1, 0.15) is 10.1 Å². The van der Waals surface area contributed by atoms with E-state index in [9.17, 15) is 4.79 Å². The third-order valence-electron chi connectivity index (χ3n) is 5.29. The highest BCUT2D eigenvalue weighted by Gasteiger charge is 2.30. The summed E-state index contributed by atoms with van der Waals surface area (Å²) in [6.07, 6.45) is 2.59. The number of likely N-dealkylation sites (N-methyl/N-ethyl adjacent to an activating group) is 1. The normalized spacial score (nSPS) is 15.2. The number of rotatable bonds is 10. The van der Waals surface area contributed by atoms with Crippen molar-refractivity contribution in [1.29, 1.82) is 0 Å². The van der Waals surface area contributed by atoms with E-state index in [0.29, 0.717) is 47.1 Å². The molecule has 1 aliphatic rings. The third-order valence-corrected chi connectivity index (χ3v) is 6.67. The first-order valence-corrected chi connectivity index (χ1v) is 12.8. The molecule has 5 nitrogen and oxygen atoms in total. The third kappa shape index (κ3) is 6.76. The molecule has 0 saturated carbocycles. The number of thioether (sulfide) groups is 1. The van der Waals surface area contributed by atoms with Crippen LogP contribution in [0.4, 0.5) is 0 Å². The molecule has 34 heavy (non-hydrogen) atoms. The molecule has 1 heterocycles. The highest BCUT2D eigenvalue weighted by atomic mass is 32.2. The van der Waals surface area contributed by atoms with Crippen LogP contribution >= 0.6 is 24.0 Å². The Labute approximate surface area is 212 Å². The van der Waals surface area contributed by atoms with Crippen molar-refractivity contribution < 1.29 is 19.0 Å². The number of carbonyl (C=O) groups excluding carboxylic acids is 1. The molecule has 0 radical (unpaired) electrons. The van der Waals surface area contributed by atoms with Gasteiger partial charge in [-0.1, -0.05) is 63.0 Å². The van der Waals surface area contributed by atoms with Gasteiger partial charge < -0.3 is 14.2 Å². The van der Waals surface area contributed by atoms with Crippen molar-refractivity contribution in [3.05, 3.63) is 58.5 Å². The predicted octanol–water partition coefficient (Wildman–Crippen LogP) is 6.45. The molecule has 182 valence electrons. The minimum Gasteiger partial charge on any atom is -0.493 e. The molecule has 0 unspecified atom stereocenters. The van der Waals surface area contributed by atoms with Crippen LogP contribution < -0.4 is 14.2 Å². The zero-order chi connectivity index (χ0) is 24.7. The van der Waals surface area contributed by atoms with Crippen LogP contribution in [0.2, 0.25) is 0 Å². The first-order chi connectivity index (χ1) is 16.2. The second kappa shape index (κ2) is 11.8. The quantitative estimate of drug-likeness (QED) is 0.213. The second-order valence-electron chi connectivity index (χ2n) is 8.89. The Balaban J connectivity index is 1.55. The summed E-state index contributed by atoms with van der Waals surface area (Å²) in [4.78, 5) is 14.7. The van der Waals surface area contributed by atoms with Crippen LogP contribution in [0.3, 0.4) is 0 Å². The van der Waals surface area contributed by atoms with Crippen molar-refractivity contribution in [2.24, 2.45) is 0 Å². The maximum atomic E-state index is 12.5. The second-order valence-corrected chi connectivity index (χ2v) is 10.6. The number of ether oxygens (including phenoxy) is 3. The minimum absolute atomic E-state index is 0.0520. The summed E-state index contributed by atoms with van der Waals surface area (Å²) in [5.41, 5.74) is 2.28. The predicted molar refractivity (Wildman–Crippen MR) is 144 cm³/mol. The number of hydrogen-bond acceptors (Lipinski definition) is 6. The minimum atomic E-state index is -0.0520. The lowest BCUT2D eigenvalue weighted by molar-refractivity contribution is -0.121. The number of nitrogens with zero attached hydrogens (tertiary/aromatic N) is 1. The van der Waals surface area contributed by atoms with Gasteiger partial charge in [0, 0.05) is 13.0 Å². The molecule has 2 aromatic rings. The summed E-state index contributed by atoms with van der Waals surface area (Å²) >= 11 is 6.62. The Morgan fingerprint density at radius 2 is 1.68 bits per heavy atom. The monoisotopic (exact) mass is 499 g/mol. The zero-order valence-electron chi connectivity index (χ0n) is 20.6. The number of hydrogen-bond donors (Lipinski definition) is 0. The van der Waals surface area contributed by atoms with Crippen molar-refractivity contribution in [3.8, 4) is 17.2 Å². The average molecular weight is 500 g/mol. The van der Waals surface area contributed by atoms with E-state index in [0.717, 1.165) is 17.7 Å². The highest BCUT2D eigenvalue weighted by Crippen LogP contribution is 2.35. The summed E-state index contributed by atoms with van der Waals surface area (Å²) < 4.78 is 18.2. The Hall–Kier alpha value is -2.51. The summed E-state index contributed by atoms with van der Waals surface area (Å²) in [5.74, 6) is 2.14. The van der Waals surface area contributed by atoms with Crippen molar-refractivity contribution >= 4 is 40.3 Å². The van der Waals surface area contributed by atoms with E-state index in [-0.39, 0.29) is 11.3 Å². The van der Waals surface area contributed by atoms with Gasteiger partial charge >= 0.3 is 0 Å². The Morgan fingerprint density at radius 1 is 0.971 bits per heavy atom. The smallest absolute Gasteiger partial charge is 0.266 e. The molecule has 0 N–H and O–H groups in total. The first kappa shape index (κ1) is 26.1. The first-order valence-electron chi connectivity index (χ1n) is 11.6. The molecule has 0 spiro atoms. The van der Waals surface area contributed by atoms with Crippen molar-refractivity contribution in [2.45, 2.75) is 46.5 Å². The number of carbonyl (C=O) groups is 1. The fourth-order valence-corrected chi connectivity index (χ4v) is 4.79. The number of benzene rings is 2. The van der Waals surface area contributed by atoms with Gasteiger partial charge in [0.2, 0.25) is 0 Å². The summed E-state index contributed by atoms with van der Waals surface area (Å²) in [5, 5.41) is 0. The Kier molecular flexibility index (Phi) is 9.03. The maximum Gasteiger partial charge on any atom is 0.266 e. The SMILES string of the molecule is CCOc1cc(/C=C2\SC(=S)N(CC)C2=O)ccc1OCCCOc1ccc(C(C)(C)C)cc1. The van der Waals surface area contributed by atoms with Gasteiger partial charge in [-0.25, -0.2) is 0 Å². The summed E-state index contributed by atoms with van der Waals surface area (Å²) in [6, 6.07) is 13.9. The van der Waals surface area contributed by atoms with Gasteiger partial charge in [-0.05, 0) is 60.7 Å². The molecule has 1 aliphatic heterocycles. The topological polar surface area (TPSA) is 48.0 Å². The van der Waals surface area contributed by atoms with Gasteiger partial charge in [0.25, 0.3) is 5.91 Å². The average Bonchev–Trinajstić information content (AvgIpc) is 3.06. The Bertz CT molecular complexity index is 1040. The summed E-state index contributed by atoms with van der Waals surface area (Å²) in [7, 11) is 0. The van der Waals surface area contributed by atoms with Crippen LogP contribution in [0.5, 0.6) is 17.2 Å². The van der Waals surface area contributed by atoms with Crippen molar-refractivity contribution in [2.75, 3.05) is 26.4 Å². The van der Waals surface area contributed by atoms with Gasteiger partial charge in [-0.3, -0.25) is 9.69 Å². The lowest BCUT2D eigenvalue weighted by atomic mass is 9.87.